The number of benzene rings is 1. The maximum Gasteiger partial charge on any atom is 0.152 e. The molecule has 0 fully saturated rings. The number of anilines is 1. The van der Waals surface area contributed by atoms with Crippen LogP contribution in [0, 0.1) is 24.0 Å². The predicted octanol–water partition coefficient (Wildman–Crippen LogP) is 2.85. The largest absolute Gasteiger partial charge is 0.409 e. The van der Waals surface area contributed by atoms with E-state index in [1.807, 2.05) is 0 Å². The Morgan fingerprint density at radius 2 is 2.05 bits per heavy atom. The summed E-state index contributed by atoms with van der Waals surface area (Å²) < 4.78 is 27.2. The number of nitrogens with one attached hydrogen (secondary N) is 1. The van der Waals surface area contributed by atoms with E-state index in [4.69, 9.17) is 10.9 Å². The van der Waals surface area contributed by atoms with Crippen LogP contribution in [-0.2, 0) is 0 Å². The first kappa shape index (κ1) is 15.2. The lowest BCUT2D eigenvalue weighted by Crippen LogP contribution is -2.33. The molecule has 6 heteroatoms. The highest BCUT2D eigenvalue weighted by Gasteiger charge is 2.23. The molecule has 0 atom stereocenters. The number of rotatable bonds is 5. The molecule has 4 N–H and O–H groups in total. The third-order valence-corrected chi connectivity index (χ3v) is 3.14. The fraction of sp³-hybridized carbons (Fsp3) is 0.462. The summed E-state index contributed by atoms with van der Waals surface area (Å²) in [6, 6.07) is 2.60. The van der Waals surface area contributed by atoms with E-state index in [0.29, 0.717) is 18.5 Å². The van der Waals surface area contributed by atoms with Crippen molar-refractivity contribution >= 4 is 11.5 Å². The van der Waals surface area contributed by atoms with E-state index in [1.165, 1.54) is 12.1 Å². The molecule has 0 spiro atoms. The predicted molar refractivity (Wildman–Crippen MR) is 71.4 cm³/mol. The second-order valence-corrected chi connectivity index (χ2v) is 5.10. The van der Waals surface area contributed by atoms with Crippen molar-refractivity contribution in [3.05, 3.63) is 29.3 Å². The molecule has 0 saturated carbocycles. The van der Waals surface area contributed by atoms with Crippen molar-refractivity contribution in [2.24, 2.45) is 16.3 Å². The molecule has 1 aromatic rings. The maximum atomic E-state index is 13.7. The summed E-state index contributed by atoms with van der Waals surface area (Å²) >= 11 is 0. The van der Waals surface area contributed by atoms with Crippen molar-refractivity contribution in [1.82, 2.24) is 0 Å². The lowest BCUT2D eigenvalue weighted by molar-refractivity contribution is 0.306. The molecule has 0 aliphatic heterocycles. The third-order valence-electron chi connectivity index (χ3n) is 3.14. The van der Waals surface area contributed by atoms with Crippen LogP contribution < -0.4 is 11.1 Å². The average Bonchev–Trinajstić information content (AvgIpc) is 2.37. The van der Waals surface area contributed by atoms with E-state index in [9.17, 15) is 8.78 Å². The number of nitrogens with zero attached hydrogens (tertiary/aromatic N) is 1. The Hall–Kier alpha value is -1.85. The summed E-state index contributed by atoms with van der Waals surface area (Å²) in [4.78, 5) is 0. The molecule has 0 unspecified atom stereocenters. The molecule has 19 heavy (non-hydrogen) atoms. The van der Waals surface area contributed by atoms with E-state index in [-0.39, 0.29) is 11.5 Å². The van der Waals surface area contributed by atoms with E-state index in [2.05, 4.69) is 10.5 Å². The van der Waals surface area contributed by atoms with Gasteiger partial charge in [-0.15, -0.1) is 0 Å². The van der Waals surface area contributed by atoms with Gasteiger partial charge in [-0.1, -0.05) is 25.1 Å². The quantitative estimate of drug-likeness (QED) is 0.334. The molecule has 0 aliphatic carbocycles. The molecule has 106 valence electrons. The van der Waals surface area contributed by atoms with E-state index in [0.717, 1.165) is 0 Å². The van der Waals surface area contributed by atoms with Crippen LogP contribution in [0.15, 0.2) is 17.3 Å². The van der Waals surface area contributed by atoms with Crippen molar-refractivity contribution in [1.29, 1.82) is 0 Å². The van der Waals surface area contributed by atoms with Crippen molar-refractivity contribution in [2.75, 3.05) is 11.9 Å². The Morgan fingerprint density at radius 1 is 1.42 bits per heavy atom. The summed E-state index contributed by atoms with van der Waals surface area (Å²) in [5, 5.41) is 14.3. The zero-order valence-electron chi connectivity index (χ0n) is 11.3. The third kappa shape index (κ3) is 3.56. The van der Waals surface area contributed by atoms with Crippen LogP contribution in [-0.4, -0.2) is 17.6 Å². The zero-order chi connectivity index (χ0) is 14.6. The average molecular weight is 271 g/mol. The molecule has 0 bridgehead atoms. The van der Waals surface area contributed by atoms with E-state index in [1.54, 1.807) is 20.8 Å². The van der Waals surface area contributed by atoms with Gasteiger partial charge in [0, 0.05) is 12.0 Å². The van der Waals surface area contributed by atoms with Crippen molar-refractivity contribution in [3.63, 3.8) is 0 Å². The Bertz CT molecular complexity index is 487. The summed E-state index contributed by atoms with van der Waals surface area (Å²) in [7, 11) is 0. The van der Waals surface area contributed by atoms with Gasteiger partial charge in [-0.05, 0) is 25.0 Å². The van der Waals surface area contributed by atoms with Gasteiger partial charge in [-0.25, -0.2) is 8.78 Å². The van der Waals surface area contributed by atoms with Crippen LogP contribution in [0.1, 0.15) is 25.8 Å². The number of hydrogen-bond acceptors (Lipinski definition) is 3. The summed E-state index contributed by atoms with van der Waals surface area (Å²) in [6.07, 6.45) is 0.468. The van der Waals surface area contributed by atoms with Crippen molar-refractivity contribution < 1.29 is 14.0 Å². The van der Waals surface area contributed by atoms with Crippen molar-refractivity contribution in [3.8, 4) is 0 Å². The number of oxime groups is 1. The minimum atomic E-state index is -0.635. The topological polar surface area (TPSA) is 70.6 Å². The Balaban J connectivity index is 2.72. The van der Waals surface area contributed by atoms with Gasteiger partial charge in [0.15, 0.2) is 5.82 Å². The second kappa shape index (κ2) is 5.86. The normalized spacial score (nSPS) is 12.6. The lowest BCUT2D eigenvalue weighted by Gasteiger charge is -2.23. The lowest BCUT2D eigenvalue weighted by atomic mass is 9.88. The molecule has 1 rings (SSSR count). The van der Waals surface area contributed by atoms with E-state index < -0.39 is 17.0 Å². The van der Waals surface area contributed by atoms with Crippen LogP contribution in [0.4, 0.5) is 14.5 Å². The Morgan fingerprint density at radius 3 is 2.63 bits per heavy atom. The molecule has 0 amide bonds. The first-order valence-electron chi connectivity index (χ1n) is 5.96. The number of hydrogen-bond donors (Lipinski definition) is 3. The fourth-order valence-electron chi connectivity index (χ4n) is 1.58. The molecular weight excluding hydrogens is 252 g/mol. The van der Waals surface area contributed by atoms with Crippen LogP contribution in [0.25, 0.3) is 0 Å². The smallest absolute Gasteiger partial charge is 0.152 e. The highest BCUT2D eigenvalue weighted by Crippen LogP contribution is 2.24. The molecule has 0 heterocycles. The number of halogens is 2. The minimum absolute atomic E-state index is 0.0829. The molecule has 0 aromatic heterocycles. The molecular formula is C13H19F2N3O. The van der Waals surface area contributed by atoms with Crippen LogP contribution in [0.3, 0.4) is 0 Å². The van der Waals surface area contributed by atoms with Gasteiger partial charge in [0.2, 0.25) is 0 Å². The second-order valence-electron chi connectivity index (χ2n) is 5.10. The summed E-state index contributed by atoms with van der Waals surface area (Å²) in [6.45, 7) is 5.44. The molecule has 0 aliphatic rings. The van der Waals surface area contributed by atoms with Crippen LogP contribution >= 0.6 is 0 Å². The maximum absolute atomic E-state index is 13.7. The molecule has 0 saturated heterocycles. The van der Waals surface area contributed by atoms with Gasteiger partial charge in [0.1, 0.15) is 17.3 Å². The highest BCUT2D eigenvalue weighted by atomic mass is 19.1. The number of nitrogens with two attached hydrogens (primary N) is 1. The number of amidine groups is 1. The molecule has 1 aromatic carbocycles. The summed E-state index contributed by atoms with van der Waals surface area (Å²) in [5.74, 6) is -1.15. The Kier molecular flexibility index (Phi) is 4.69. The standard InChI is InChI=1S/C13H19F2N3O/c1-8-4-5-9(14)11(10(8)15)17-7-6-13(2,3)12(16)18-19/h4-5,17,19H,6-7H2,1-3H3,(H2,16,18). The zero-order valence-corrected chi connectivity index (χ0v) is 11.3. The Labute approximate surface area is 111 Å². The highest BCUT2D eigenvalue weighted by molar-refractivity contribution is 5.85. The molecule has 0 radical (unpaired) electrons. The van der Waals surface area contributed by atoms with Gasteiger partial charge in [0.05, 0.1) is 0 Å². The minimum Gasteiger partial charge on any atom is -0.409 e. The van der Waals surface area contributed by atoms with Gasteiger partial charge in [-0.2, -0.15) is 0 Å². The van der Waals surface area contributed by atoms with Crippen LogP contribution in [0.2, 0.25) is 0 Å². The summed E-state index contributed by atoms with van der Waals surface area (Å²) in [5.41, 5.74) is 5.21. The van der Waals surface area contributed by atoms with E-state index >= 15 is 0 Å². The van der Waals surface area contributed by atoms with Crippen molar-refractivity contribution in [2.45, 2.75) is 27.2 Å². The first-order valence-corrected chi connectivity index (χ1v) is 5.96. The fourth-order valence-corrected chi connectivity index (χ4v) is 1.58. The van der Waals surface area contributed by atoms with Gasteiger partial charge < -0.3 is 16.3 Å². The van der Waals surface area contributed by atoms with Gasteiger partial charge in [-0.3, -0.25) is 0 Å². The van der Waals surface area contributed by atoms with Gasteiger partial charge in [0.25, 0.3) is 0 Å². The van der Waals surface area contributed by atoms with Crippen LogP contribution in [0.5, 0.6) is 0 Å². The van der Waals surface area contributed by atoms with Gasteiger partial charge >= 0.3 is 0 Å². The molecule has 4 nitrogen and oxygen atoms in total. The SMILES string of the molecule is Cc1ccc(F)c(NCCC(C)(C)/C(N)=N/O)c1F. The monoisotopic (exact) mass is 271 g/mol. The number of aryl methyl sites for hydroxylation is 1. The first-order chi connectivity index (χ1) is 8.79.